The first kappa shape index (κ1) is 14.7. The van der Waals surface area contributed by atoms with E-state index in [9.17, 15) is 9.59 Å². The van der Waals surface area contributed by atoms with E-state index < -0.39 is 17.9 Å². The third-order valence-corrected chi connectivity index (χ3v) is 3.26. The van der Waals surface area contributed by atoms with E-state index in [-0.39, 0.29) is 6.42 Å². The van der Waals surface area contributed by atoms with Crippen molar-refractivity contribution in [2.24, 2.45) is 17.2 Å². The van der Waals surface area contributed by atoms with Gasteiger partial charge in [0.1, 0.15) is 0 Å². The summed E-state index contributed by atoms with van der Waals surface area (Å²) in [5.41, 5.74) is 19.3. The van der Waals surface area contributed by atoms with Crippen molar-refractivity contribution >= 4 is 11.8 Å². The maximum absolute atomic E-state index is 11.6. The van der Waals surface area contributed by atoms with Gasteiger partial charge in [-0.3, -0.25) is 9.59 Å². The molecule has 5 heteroatoms. The summed E-state index contributed by atoms with van der Waals surface area (Å²) in [4.78, 5) is 22.6. The molecule has 0 aliphatic heterocycles. The van der Waals surface area contributed by atoms with Crippen LogP contribution in [0.1, 0.15) is 28.4 Å². The van der Waals surface area contributed by atoms with Crippen LogP contribution in [0.4, 0.5) is 0 Å². The summed E-state index contributed by atoms with van der Waals surface area (Å²) >= 11 is 0. The van der Waals surface area contributed by atoms with Crippen molar-refractivity contribution in [3.05, 3.63) is 59.7 Å². The molecule has 2 rings (SSSR count). The maximum Gasteiger partial charge on any atom is 0.249 e. The molecule has 2 aromatic carbocycles. The Labute approximate surface area is 122 Å². The number of carbonyl (C=O) groups excluding carboxylic acids is 2. The second kappa shape index (κ2) is 6.19. The summed E-state index contributed by atoms with van der Waals surface area (Å²) in [6.45, 7) is 0. The standard InChI is InChI=1S/C16H17N3O2/c17-14(9-15(18)20)12-7-3-1-5-10(12)11-6-2-4-8-13(11)16(19)21/h1-8,14H,9,17H2,(H2,18,20)(H2,19,21). The second-order valence-corrected chi connectivity index (χ2v) is 4.77. The van der Waals surface area contributed by atoms with Crippen LogP contribution in [0.15, 0.2) is 48.5 Å². The van der Waals surface area contributed by atoms with Gasteiger partial charge in [0, 0.05) is 18.0 Å². The van der Waals surface area contributed by atoms with Crippen molar-refractivity contribution in [2.45, 2.75) is 12.5 Å². The molecule has 0 bridgehead atoms. The molecule has 2 aromatic rings. The van der Waals surface area contributed by atoms with Crippen LogP contribution in [0.2, 0.25) is 0 Å². The SMILES string of the molecule is NC(=O)CC(N)c1ccccc1-c1ccccc1C(N)=O. The minimum Gasteiger partial charge on any atom is -0.370 e. The Hall–Kier alpha value is -2.66. The monoisotopic (exact) mass is 283 g/mol. The van der Waals surface area contributed by atoms with Gasteiger partial charge in [-0.1, -0.05) is 42.5 Å². The number of benzene rings is 2. The fourth-order valence-electron chi connectivity index (χ4n) is 2.33. The van der Waals surface area contributed by atoms with Crippen LogP contribution in [0.25, 0.3) is 11.1 Å². The molecule has 0 heterocycles. The smallest absolute Gasteiger partial charge is 0.249 e. The lowest BCUT2D eigenvalue weighted by Crippen LogP contribution is -2.21. The minimum absolute atomic E-state index is 0.0375. The van der Waals surface area contributed by atoms with E-state index in [1.807, 2.05) is 30.3 Å². The zero-order valence-electron chi connectivity index (χ0n) is 11.5. The van der Waals surface area contributed by atoms with E-state index in [0.717, 1.165) is 11.1 Å². The maximum atomic E-state index is 11.6. The molecule has 6 N–H and O–H groups in total. The van der Waals surface area contributed by atoms with Crippen LogP contribution < -0.4 is 17.2 Å². The Bertz CT molecular complexity index is 683. The molecule has 2 amide bonds. The molecule has 0 aliphatic rings. The molecule has 1 atom stereocenters. The molecule has 0 saturated carbocycles. The first-order valence-electron chi connectivity index (χ1n) is 6.52. The predicted octanol–water partition coefficient (Wildman–Crippen LogP) is 1.33. The van der Waals surface area contributed by atoms with Crippen LogP contribution in [0.5, 0.6) is 0 Å². The lowest BCUT2D eigenvalue weighted by Gasteiger charge is -2.17. The van der Waals surface area contributed by atoms with Gasteiger partial charge in [0.15, 0.2) is 0 Å². The molecule has 21 heavy (non-hydrogen) atoms. The van der Waals surface area contributed by atoms with E-state index in [2.05, 4.69) is 0 Å². The van der Waals surface area contributed by atoms with Crippen molar-refractivity contribution in [1.29, 1.82) is 0 Å². The highest BCUT2D eigenvalue weighted by Gasteiger charge is 2.17. The zero-order chi connectivity index (χ0) is 15.4. The predicted molar refractivity (Wildman–Crippen MR) is 81.1 cm³/mol. The number of primary amides is 2. The number of nitrogens with two attached hydrogens (primary N) is 3. The Morgan fingerprint density at radius 3 is 2.10 bits per heavy atom. The number of amides is 2. The largest absolute Gasteiger partial charge is 0.370 e. The minimum atomic E-state index is -0.528. The number of rotatable bonds is 5. The van der Waals surface area contributed by atoms with Crippen molar-refractivity contribution in [1.82, 2.24) is 0 Å². The summed E-state index contributed by atoms with van der Waals surface area (Å²) in [7, 11) is 0. The average Bonchev–Trinajstić information content (AvgIpc) is 2.46. The van der Waals surface area contributed by atoms with Gasteiger partial charge in [-0.25, -0.2) is 0 Å². The van der Waals surface area contributed by atoms with E-state index in [1.165, 1.54) is 0 Å². The van der Waals surface area contributed by atoms with Crippen LogP contribution in [0, 0.1) is 0 Å². The first-order valence-corrected chi connectivity index (χ1v) is 6.52. The molecule has 0 saturated heterocycles. The van der Waals surface area contributed by atoms with Crippen LogP contribution in [-0.2, 0) is 4.79 Å². The topological polar surface area (TPSA) is 112 Å². The third kappa shape index (κ3) is 3.27. The summed E-state index contributed by atoms with van der Waals surface area (Å²) in [5, 5.41) is 0. The van der Waals surface area contributed by atoms with Gasteiger partial charge in [0.25, 0.3) is 0 Å². The van der Waals surface area contributed by atoms with E-state index >= 15 is 0 Å². The normalized spacial score (nSPS) is 11.9. The summed E-state index contributed by atoms with van der Waals surface area (Å²) < 4.78 is 0. The van der Waals surface area contributed by atoms with Crippen molar-refractivity contribution in [2.75, 3.05) is 0 Å². The number of carbonyl (C=O) groups is 2. The zero-order valence-corrected chi connectivity index (χ0v) is 11.5. The Kier molecular flexibility index (Phi) is 4.35. The highest BCUT2D eigenvalue weighted by atomic mass is 16.1. The number of hydrogen-bond acceptors (Lipinski definition) is 3. The molecular formula is C16H17N3O2. The van der Waals surface area contributed by atoms with Crippen molar-refractivity contribution in [3.8, 4) is 11.1 Å². The van der Waals surface area contributed by atoms with E-state index in [1.54, 1.807) is 18.2 Å². The first-order chi connectivity index (χ1) is 10.0. The van der Waals surface area contributed by atoms with Gasteiger partial charge in [-0.15, -0.1) is 0 Å². The quantitative estimate of drug-likeness (QED) is 0.769. The fraction of sp³-hybridized carbons (Fsp3) is 0.125. The van der Waals surface area contributed by atoms with Crippen LogP contribution >= 0.6 is 0 Å². The Morgan fingerprint density at radius 1 is 0.905 bits per heavy atom. The van der Waals surface area contributed by atoms with Gasteiger partial charge in [0.2, 0.25) is 11.8 Å². The molecule has 0 spiro atoms. The van der Waals surface area contributed by atoms with Gasteiger partial charge in [-0.2, -0.15) is 0 Å². The van der Waals surface area contributed by atoms with E-state index in [0.29, 0.717) is 11.1 Å². The average molecular weight is 283 g/mol. The molecule has 0 fully saturated rings. The Morgan fingerprint density at radius 2 is 1.48 bits per heavy atom. The van der Waals surface area contributed by atoms with Gasteiger partial charge in [-0.05, 0) is 22.8 Å². The lowest BCUT2D eigenvalue weighted by molar-refractivity contribution is -0.118. The molecule has 5 nitrogen and oxygen atoms in total. The number of hydrogen-bond donors (Lipinski definition) is 3. The van der Waals surface area contributed by atoms with Crippen LogP contribution in [0.3, 0.4) is 0 Å². The molecule has 0 radical (unpaired) electrons. The van der Waals surface area contributed by atoms with Crippen molar-refractivity contribution < 1.29 is 9.59 Å². The van der Waals surface area contributed by atoms with Gasteiger partial charge >= 0.3 is 0 Å². The summed E-state index contributed by atoms with van der Waals surface area (Å²) in [6.07, 6.45) is 0.0375. The second-order valence-electron chi connectivity index (χ2n) is 4.77. The van der Waals surface area contributed by atoms with E-state index in [4.69, 9.17) is 17.2 Å². The Balaban J connectivity index is 2.55. The van der Waals surface area contributed by atoms with Gasteiger partial charge < -0.3 is 17.2 Å². The highest BCUT2D eigenvalue weighted by molar-refractivity contribution is 6.00. The van der Waals surface area contributed by atoms with Crippen LogP contribution in [-0.4, -0.2) is 11.8 Å². The molecule has 1 unspecified atom stereocenters. The summed E-state index contributed by atoms with van der Waals surface area (Å²) in [6, 6.07) is 13.8. The molecule has 0 aromatic heterocycles. The molecule has 108 valence electrons. The van der Waals surface area contributed by atoms with Gasteiger partial charge in [0.05, 0.1) is 0 Å². The summed E-state index contributed by atoms with van der Waals surface area (Å²) in [5.74, 6) is -0.982. The third-order valence-electron chi connectivity index (χ3n) is 3.26. The molecule has 0 aliphatic carbocycles. The molecular weight excluding hydrogens is 266 g/mol. The fourth-order valence-corrected chi connectivity index (χ4v) is 2.33. The lowest BCUT2D eigenvalue weighted by atomic mass is 9.91. The van der Waals surface area contributed by atoms with Crippen molar-refractivity contribution in [3.63, 3.8) is 0 Å². The highest BCUT2D eigenvalue weighted by Crippen LogP contribution is 2.30.